The molecule has 8 nitrogen and oxygen atoms in total. The van der Waals surface area contributed by atoms with Crippen molar-refractivity contribution in [3.63, 3.8) is 0 Å². The van der Waals surface area contributed by atoms with Crippen LogP contribution < -0.4 is 22.1 Å². The maximum Gasteiger partial charge on any atom is 0.243 e. The Morgan fingerprint density at radius 1 is 1.20 bits per heavy atom. The number of nitrogens with two attached hydrogens (primary N) is 2. The zero-order valence-corrected chi connectivity index (χ0v) is 14.3. The van der Waals surface area contributed by atoms with E-state index in [-0.39, 0.29) is 11.9 Å². The summed E-state index contributed by atoms with van der Waals surface area (Å²) in [6, 6.07) is 7.92. The van der Waals surface area contributed by atoms with Crippen molar-refractivity contribution in [3.05, 3.63) is 35.9 Å². The third-order valence-corrected chi connectivity index (χ3v) is 3.44. The van der Waals surface area contributed by atoms with Crippen LogP contribution in [-0.4, -0.2) is 42.7 Å². The van der Waals surface area contributed by atoms with E-state index in [4.69, 9.17) is 11.5 Å². The van der Waals surface area contributed by atoms with Gasteiger partial charge in [-0.25, -0.2) is 0 Å². The molecule has 2 atom stereocenters. The molecular weight excluding hydrogens is 322 g/mol. The fourth-order valence-corrected chi connectivity index (χ4v) is 2.28. The van der Waals surface area contributed by atoms with E-state index < -0.39 is 18.0 Å². The Balaban J connectivity index is 2.64. The molecule has 0 heterocycles. The van der Waals surface area contributed by atoms with Crippen LogP contribution in [0.25, 0.3) is 0 Å². The van der Waals surface area contributed by atoms with Gasteiger partial charge in [-0.1, -0.05) is 30.3 Å². The lowest BCUT2D eigenvalue weighted by Crippen LogP contribution is -2.50. The minimum Gasteiger partial charge on any atom is -0.370 e. The minimum absolute atomic E-state index is 0.0136. The first-order chi connectivity index (χ1) is 11.9. The summed E-state index contributed by atoms with van der Waals surface area (Å²) < 4.78 is 0. The number of nitrogens with one attached hydrogen (secondary N) is 2. The first-order valence-electron chi connectivity index (χ1n) is 8.04. The summed E-state index contributed by atoms with van der Waals surface area (Å²) in [7, 11) is 0. The molecule has 0 aromatic heterocycles. The maximum atomic E-state index is 12.4. The number of guanidine groups is 1. The van der Waals surface area contributed by atoms with Gasteiger partial charge in [0.1, 0.15) is 12.3 Å². The Morgan fingerprint density at radius 2 is 1.88 bits per heavy atom. The van der Waals surface area contributed by atoms with Crippen LogP contribution in [0.2, 0.25) is 0 Å². The third-order valence-electron chi connectivity index (χ3n) is 3.44. The molecule has 0 saturated heterocycles. The van der Waals surface area contributed by atoms with Crippen LogP contribution in [-0.2, 0) is 20.8 Å². The second kappa shape index (κ2) is 10.8. The number of aliphatic imine (C=N–C) groups is 1. The van der Waals surface area contributed by atoms with E-state index in [0.717, 1.165) is 5.56 Å². The van der Waals surface area contributed by atoms with E-state index in [9.17, 15) is 14.4 Å². The topological polar surface area (TPSA) is 140 Å². The Bertz CT molecular complexity index is 600. The number of carbonyl (C=O) groups excluding carboxylic acids is 3. The van der Waals surface area contributed by atoms with Crippen molar-refractivity contribution in [2.45, 2.75) is 38.3 Å². The number of hydrogen-bond acceptors (Lipinski definition) is 4. The highest BCUT2D eigenvalue weighted by atomic mass is 16.2. The summed E-state index contributed by atoms with van der Waals surface area (Å²) >= 11 is 0. The van der Waals surface area contributed by atoms with Crippen molar-refractivity contribution < 1.29 is 14.4 Å². The van der Waals surface area contributed by atoms with Gasteiger partial charge < -0.3 is 26.9 Å². The largest absolute Gasteiger partial charge is 0.370 e. The first-order valence-corrected chi connectivity index (χ1v) is 8.04. The summed E-state index contributed by atoms with van der Waals surface area (Å²) in [6.07, 6.45) is 1.96. The highest BCUT2D eigenvalue weighted by molar-refractivity contribution is 5.88. The fraction of sp³-hybridized carbons (Fsp3) is 0.412. The highest BCUT2D eigenvalue weighted by Crippen LogP contribution is 2.05. The van der Waals surface area contributed by atoms with Crippen molar-refractivity contribution in [1.82, 2.24) is 10.6 Å². The average Bonchev–Trinajstić information content (AvgIpc) is 2.57. The van der Waals surface area contributed by atoms with Crippen molar-refractivity contribution in [2.24, 2.45) is 16.5 Å². The number of hydrogen-bond donors (Lipinski definition) is 4. The van der Waals surface area contributed by atoms with Gasteiger partial charge in [-0.15, -0.1) is 0 Å². The number of amides is 2. The normalized spacial score (nSPS) is 12.5. The maximum absolute atomic E-state index is 12.4. The van der Waals surface area contributed by atoms with Gasteiger partial charge in [-0.3, -0.25) is 14.6 Å². The van der Waals surface area contributed by atoms with Gasteiger partial charge in [0.15, 0.2) is 5.96 Å². The molecule has 2 amide bonds. The lowest BCUT2D eigenvalue weighted by molar-refractivity contribution is -0.129. The highest BCUT2D eigenvalue weighted by Gasteiger charge is 2.22. The SMILES string of the molecule is CC(=O)N[C@@H](Cc1ccccc1)C(=O)N[C@H](C=O)CCCN=C(N)N. The van der Waals surface area contributed by atoms with Gasteiger partial charge in [0.25, 0.3) is 0 Å². The molecule has 1 rings (SSSR count). The van der Waals surface area contributed by atoms with Crippen LogP contribution in [0.3, 0.4) is 0 Å². The molecule has 8 heteroatoms. The second-order valence-electron chi connectivity index (χ2n) is 5.64. The van der Waals surface area contributed by atoms with Gasteiger partial charge in [0.05, 0.1) is 6.04 Å². The predicted octanol–water partition coefficient (Wildman–Crippen LogP) is -0.529. The lowest BCUT2D eigenvalue weighted by Gasteiger charge is -2.20. The lowest BCUT2D eigenvalue weighted by atomic mass is 10.0. The molecule has 0 aliphatic heterocycles. The standard InChI is InChI=1S/C17H25N5O3/c1-12(24)21-15(10-13-6-3-2-4-7-13)16(25)22-14(11-23)8-5-9-20-17(18)19/h2-4,6-7,11,14-15H,5,8-10H2,1H3,(H,21,24)(H,22,25)(H4,18,19,20)/t14-,15-/m0/s1. The quantitative estimate of drug-likeness (QED) is 0.195. The zero-order chi connectivity index (χ0) is 18.7. The second-order valence-corrected chi connectivity index (χ2v) is 5.64. The van der Waals surface area contributed by atoms with Crippen LogP contribution in [0, 0.1) is 0 Å². The van der Waals surface area contributed by atoms with Gasteiger partial charge in [0, 0.05) is 19.9 Å². The van der Waals surface area contributed by atoms with Crippen LogP contribution in [0.15, 0.2) is 35.3 Å². The summed E-state index contributed by atoms with van der Waals surface area (Å²) in [5, 5.41) is 5.27. The molecule has 0 spiro atoms. The number of rotatable bonds is 10. The van der Waals surface area contributed by atoms with Crippen LogP contribution in [0.5, 0.6) is 0 Å². The Morgan fingerprint density at radius 3 is 2.44 bits per heavy atom. The van der Waals surface area contributed by atoms with Crippen molar-refractivity contribution >= 4 is 24.1 Å². The molecule has 0 aliphatic rings. The minimum atomic E-state index is -0.750. The molecule has 0 saturated carbocycles. The molecule has 1 aromatic rings. The van der Waals surface area contributed by atoms with E-state index in [0.29, 0.717) is 32.1 Å². The number of nitrogens with zero attached hydrogens (tertiary/aromatic N) is 1. The van der Waals surface area contributed by atoms with Gasteiger partial charge in [-0.05, 0) is 18.4 Å². The van der Waals surface area contributed by atoms with Crippen molar-refractivity contribution in [3.8, 4) is 0 Å². The van der Waals surface area contributed by atoms with Gasteiger partial charge in [-0.2, -0.15) is 0 Å². The molecule has 1 aromatic carbocycles. The number of carbonyl (C=O) groups is 3. The smallest absolute Gasteiger partial charge is 0.243 e. The summed E-state index contributed by atoms with van der Waals surface area (Å²) in [4.78, 5) is 38.8. The van der Waals surface area contributed by atoms with E-state index >= 15 is 0 Å². The third kappa shape index (κ3) is 8.50. The summed E-state index contributed by atoms with van der Waals surface area (Å²) in [5.74, 6) is -0.732. The zero-order valence-electron chi connectivity index (χ0n) is 14.3. The van der Waals surface area contributed by atoms with Crippen molar-refractivity contribution in [2.75, 3.05) is 6.54 Å². The number of aldehydes is 1. The summed E-state index contributed by atoms with van der Waals surface area (Å²) in [5.41, 5.74) is 11.4. The molecule has 0 aliphatic carbocycles. The van der Waals surface area contributed by atoms with Gasteiger partial charge >= 0.3 is 0 Å². The van der Waals surface area contributed by atoms with E-state index in [2.05, 4.69) is 15.6 Å². The predicted molar refractivity (Wildman–Crippen MR) is 95.7 cm³/mol. The Labute approximate surface area is 147 Å². The molecule has 6 N–H and O–H groups in total. The molecule has 0 fully saturated rings. The Kier molecular flexibility index (Phi) is 8.70. The number of benzene rings is 1. The van der Waals surface area contributed by atoms with E-state index in [1.165, 1.54) is 6.92 Å². The van der Waals surface area contributed by atoms with Crippen LogP contribution in [0.1, 0.15) is 25.3 Å². The molecule has 0 bridgehead atoms. The fourth-order valence-electron chi connectivity index (χ4n) is 2.28. The molecule has 0 radical (unpaired) electrons. The first kappa shape index (κ1) is 20.1. The monoisotopic (exact) mass is 347 g/mol. The van der Waals surface area contributed by atoms with E-state index in [1.807, 2.05) is 30.3 Å². The van der Waals surface area contributed by atoms with Gasteiger partial charge in [0.2, 0.25) is 11.8 Å². The van der Waals surface area contributed by atoms with Crippen LogP contribution in [0.4, 0.5) is 0 Å². The molecule has 25 heavy (non-hydrogen) atoms. The molecular formula is C17H25N5O3. The van der Waals surface area contributed by atoms with E-state index in [1.54, 1.807) is 0 Å². The molecule has 136 valence electrons. The van der Waals surface area contributed by atoms with Crippen LogP contribution >= 0.6 is 0 Å². The summed E-state index contributed by atoms with van der Waals surface area (Å²) in [6.45, 7) is 1.72. The Hall–Kier alpha value is -2.90. The van der Waals surface area contributed by atoms with Crippen molar-refractivity contribution in [1.29, 1.82) is 0 Å². The average molecular weight is 347 g/mol. The molecule has 0 unspecified atom stereocenters.